The van der Waals surface area contributed by atoms with Crippen LogP contribution in [0, 0.1) is 5.82 Å². The predicted octanol–water partition coefficient (Wildman–Crippen LogP) is 7.52. The van der Waals surface area contributed by atoms with E-state index in [1.165, 1.54) is 44.1 Å². The zero-order valence-corrected chi connectivity index (χ0v) is 22.2. The van der Waals surface area contributed by atoms with Gasteiger partial charge in [-0.2, -0.15) is 0 Å². The Morgan fingerprint density at radius 1 is 1.09 bits per heavy atom. The molecule has 3 rings (SSSR count). The zero-order valence-electron chi connectivity index (χ0n) is 19.7. The Morgan fingerprint density at radius 3 is 2.56 bits per heavy atom. The van der Waals surface area contributed by atoms with Crippen LogP contribution in [0.3, 0.4) is 0 Å². The highest BCUT2D eigenvalue weighted by Crippen LogP contribution is 2.43. The van der Waals surface area contributed by atoms with E-state index in [1.807, 2.05) is 30.0 Å². The molecule has 1 unspecified atom stereocenters. The van der Waals surface area contributed by atoms with Gasteiger partial charge >= 0.3 is 8.25 Å². The van der Waals surface area contributed by atoms with E-state index in [4.69, 9.17) is 16.5 Å². The summed E-state index contributed by atoms with van der Waals surface area (Å²) in [6, 6.07) is 13.4. The van der Waals surface area contributed by atoms with Gasteiger partial charge in [0.2, 0.25) is 0 Å². The first-order chi connectivity index (χ1) is 16.5. The summed E-state index contributed by atoms with van der Waals surface area (Å²) in [7, 11) is -2.83. The average Bonchev–Trinajstić information content (AvgIpc) is 2.83. The summed E-state index contributed by atoms with van der Waals surface area (Å²) < 4.78 is 28.6. The van der Waals surface area contributed by atoms with Crippen LogP contribution in [0.25, 0.3) is 0 Å². The van der Waals surface area contributed by atoms with E-state index in [0.29, 0.717) is 19.5 Å². The SMILES string of the molecule is O=[PH](O)OCCCNCc1ccc(SCCCCC2(c3ccc(F)cc3)CCCCC2)c(Cl)c1. The maximum Gasteiger partial charge on any atom is 0.316 e. The fourth-order valence-corrected chi connectivity index (χ4v) is 6.44. The van der Waals surface area contributed by atoms with Crippen LogP contribution in [0.1, 0.15) is 68.9 Å². The molecule has 0 heterocycles. The van der Waals surface area contributed by atoms with Crippen LogP contribution >= 0.6 is 31.6 Å². The van der Waals surface area contributed by atoms with Gasteiger partial charge in [0.1, 0.15) is 5.82 Å². The van der Waals surface area contributed by atoms with E-state index in [9.17, 15) is 8.96 Å². The van der Waals surface area contributed by atoms with Gasteiger partial charge in [0.15, 0.2) is 0 Å². The lowest BCUT2D eigenvalue weighted by Gasteiger charge is -2.38. The van der Waals surface area contributed by atoms with Gasteiger partial charge in [-0.15, -0.1) is 11.8 Å². The minimum Gasteiger partial charge on any atom is -0.326 e. The van der Waals surface area contributed by atoms with Gasteiger partial charge in [-0.25, -0.2) is 4.39 Å². The molecule has 1 aliphatic rings. The van der Waals surface area contributed by atoms with Gasteiger partial charge in [-0.3, -0.25) is 4.57 Å². The molecule has 1 saturated carbocycles. The van der Waals surface area contributed by atoms with Crippen LogP contribution < -0.4 is 5.32 Å². The van der Waals surface area contributed by atoms with E-state index in [0.717, 1.165) is 34.1 Å². The van der Waals surface area contributed by atoms with Gasteiger partial charge in [-0.05, 0) is 85.2 Å². The van der Waals surface area contributed by atoms with Crippen LogP contribution in [-0.4, -0.2) is 23.8 Å². The van der Waals surface area contributed by atoms with E-state index in [1.54, 1.807) is 12.1 Å². The number of unbranched alkanes of at least 4 members (excludes halogenated alkanes) is 1. The maximum absolute atomic E-state index is 13.4. The number of halogens is 2. The second-order valence-corrected chi connectivity index (χ2v) is 11.4. The van der Waals surface area contributed by atoms with Gasteiger partial charge in [0.05, 0.1) is 11.6 Å². The molecule has 34 heavy (non-hydrogen) atoms. The van der Waals surface area contributed by atoms with E-state index in [-0.39, 0.29) is 17.8 Å². The summed E-state index contributed by atoms with van der Waals surface area (Å²) in [6.07, 6.45) is 10.4. The van der Waals surface area contributed by atoms with Crippen LogP contribution in [0.2, 0.25) is 5.02 Å². The molecule has 2 N–H and O–H groups in total. The molecule has 0 amide bonds. The monoisotopic (exact) mass is 527 g/mol. The van der Waals surface area contributed by atoms with Crippen molar-refractivity contribution in [2.75, 3.05) is 18.9 Å². The Bertz CT molecular complexity index is 909. The number of nitrogens with one attached hydrogen (secondary N) is 1. The van der Waals surface area contributed by atoms with Crippen molar-refractivity contribution in [1.29, 1.82) is 0 Å². The summed E-state index contributed by atoms with van der Waals surface area (Å²) in [5.74, 6) is 0.877. The van der Waals surface area contributed by atoms with Crippen LogP contribution in [-0.2, 0) is 21.0 Å². The van der Waals surface area contributed by atoms with Crippen LogP contribution in [0.15, 0.2) is 47.4 Å². The number of thioether (sulfide) groups is 1. The van der Waals surface area contributed by atoms with Gasteiger partial charge < -0.3 is 14.7 Å². The number of hydrogen-bond acceptors (Lipinski definition) is 4. The summed E-state index contributed by atoms with van der Waals surface area (Å²) in [4.78, 5) is 9.75. The van der Waals surface area contributed by atoms with Gasteiger partial charge in [0.25, 0.3) is 0 Å². The van der Waals surface area contributed by atoms with Crippen molar-refractivity contribution in [3.05, 3.63) is 64.4 Å². The second-order valence-electron chi connectivity index (χ2n) is 9.06. The topological polar surface area (TPSA) is 58.6 Å². The van der Waals surface area contributed by atoms with Gasteiger partial charge in [0, 0.05) is 11.4 Å². The molecular weight excluding hydrogens is 492 g/mol. The normalized spacial score (nSPS) is 16.4. The molecule has 0 radical (unpaired) electrons. The van der Waals surface area contributed by atoms with E-state index in [2.05, 4.69) is 22.0 Å². The van der Waals surface area contributed by atoms with Crippen molar-refractivity contribution in [3.8, 4) is 0 Å². The van der Waals surface area contributed by atoms with E-state index < -0.39 is 8.25 Å². The van der Waals surface area contributed by atoms with Crippen molar-refractivity contribution < 1.29 is 18.4 Å². The predicted molar refractivity (Wildman–Crippen MR) is 141 cm³/mol. The maximum atomic E-state index is 13.4. The lowest BCUT2D eigenvalue weighted by molar-refractivity contribution is 0.267. The second kappa shape index (κ2) is 14.6. The molecule has 1 fully saturated rings. The Kier molecular flexibility index (Phi) is 11.9. The third kappa shape index (κ3) is 8.96. The Morgan fingerprint density at radius 2 is 1.85 bits per heavy atom. The highest BCUT2D eigenvalue weighted by molar-refractivity contribution is 7.99. The lowest BCUT2D eigenvalue weighted by atomic mass is 9.67. The Balaban J connectivity index is 1.40. The average molecular weight is 528 g/mol. The zero-order chi connectivity index (χ0) is 24.2. The van der Waals surface area contributed by atoms with Crippen molar-refractivity contribution >= 4 is 31.6 Å². The van der Waals surface area contributed by atoms with Gasteiger partial charge in [-0.1, -0.05) is 55.5 Å². The quantitative estimate of drug-likeness (QED) is 0.151. The van der Waals surface area contributed by atoms with Crippen molar-refractivity contribution in [2.24, 2.45) is 0 Å². The molecule has 0 saturated heterocycles. The summed E-state index contributed by atoms with van der Waals surface area (Å²) in [5, 5.41) is 4.07. The largest absolute Gasteiger partial charge is 0.326 e. The molecule has 1 aliphatic carbocycles. The summed E-state index contributed by atoms with van der Waals surface area (Å²) in [6.45, 7) is 1.69. The molecule has 0 bridgehead atoms. The van der Waals surface area contributed by atoms with Crippen LogP contribution in [0.5, 0.6) is 0 Å². The molecule has 2 aromatic carbocycles. The van der Waals surface area contributed by atoms with Crippen molar-refractivity contribution in [2.45, 2.75) is 74.6 Å². The molecule has 0 spiro atoms. The van der Waals surface area contributed by atoms with Crippen molar-refractivity contribution in [1.82, 2.24) is 5.32 Å². The Hall–Kier alpha value is -0.880. The first-order valence-corrected chi connectivity index (χ1v) is 14.8. The molecule has 188 valence electrons. The fraction of sp³-hybridized carbons (Fsp3) is 0.538. The standard InChI is InChI=1S/C26H36ClFNO3PS/c27-24-19-21(20-29-16-6-17-32-33(30)31)7-12-25(24)34-18-5-4-15-26(13-2-1-3-14-26)22-8-10-23(28)11-9-22/h7-12,19,29,33H,1-6,13-18,20H2,(H,30,31). The lowest BCUT2D eigenvalue weighted by Crippen LogP contribution is -2.29. The smallest absolute Gasteiger partial charge is 0.316 e. The molecular formula is C26H36ClFNO3PS. The third-order valence-corrected chi connectivity index (χ3v) is 8.66. The fourth-order valence-electron chi connectivity index (χ4n) is 4.82. The highest BCUT2D eigenvalue weighted by Gasteiger charge is 2.33. The third-order valence-electron chi connectivity index (χ3n) is 6.62. The minimum absolute atomic E-state index is 0.156. The summed E-state index contributed by atoms with van der Waals surface area (Å²) >= 11 is 8.33. The molecule has 8 heteroatoms. The number of hydrogen-bond donors (Lipinski definition) is 2. The molecule has 0 aliphatic heterocycles. The molecule has 2 aromatic rings. The number of benzene rings is 2. The first-order valence-electron chi connectivity index (χ1n) is 12.2. The molecule has 1 atom stereocenters. The van der Waals surface area contributed by atoms with E-state index >= 15 is 0 Å². The molecule has 4 nitrogen and oxygen atoms in total. The first kappa shape index (κ1) is 27.7. The van der Waals surface area contributed by atoms with Crippen molar-refractivity contribution in [3.63, 3.8) is 0 Å². The number of rotatable bonds is 14. The molecule has 0 aromatic heterocycles. The minimum atomic E-state index is -2.83. The van der Waals surface area contributed by atoms with Crippen LogP contribution in [0.4, 0.5) is 4.39 Å². The highest BCUT2D eigenvalue weighted by atomic mass is 35.5. The summed E-state index contributed by atoms with van der Waals surface area (Å²) in [5.41, 5.74) is 2.64. The Labute approximate surface area is 213 Å².